The van der Waals surface area contributed by atoms with Gasteiger partial charge < -0.3 is 0 Å². The van der Waals surface area contributed by atoms with Gasteiger partial charge in [0.2, 0.25) is 10.0 Å². The number of nitrogens with zero attached hydrogens (tertiary/aromatic N) is 1. The molecule has 0 aromatic rings. The van der Waals surface area contributed by atoms with Crippen molar-refractivity contribution in [1.82, 2.24) is 4.31 Å². The van der Waals surface area contributed by atoms with Crippen molar-refractivity contribution in [2.45, 2.75) is 55.4 Å². The number of sulfonamides is 1. The maximum Gasteiger partial charge on any atom is 0.235 e. The molecule has 116 valence electrons. The van der Waals surface area contributed by atoms with Crippen molar-refractivity contribution in [2.24, 2.45) is 0 Å². The number of hydrogen-bond acceptors (Lipinski definition) is 4. The summed E-state index contributed by atoms with van der Waals surface area (Å²) in [6.07, 6.45) is 5.47. The molecular weight excluding hydrogens is 298 g/mol. The molecule has 2 aliphatic rings. The molecule has 0 spiro atoms. The zero-order valence-corrected chi connectivity index (χ0v) is 13.3. The molecule has 0 N–H and O–H groups in total. The van der Waals surface area contributed by atoms with Crippen molar-refractivity contribution in [3.05, 3.63) is 12.0 Å². The molecule has 1 aliphatic heterocycles. The Labute approximate surface area is 122 Å². The van der Waals surface area contributed by atoms with Gasteiger partial charge >= 0.3 is 0 Å². The summed E-state index contributed by atoms with van der Waals surface area (Å²) in [7, 11) is -6.52. The molecule has 0 amide bonds. The van der Waals surface area contributed by atoms with Gasteiger partial charge in [-0.2, -0.15) is 4.31 Å². The third-order valence-electron chi connectivity index (χ3n) is 4.45. The van der Waals surface area contributed by atoms with Gasteiger partial charge in [0, 0.05) is 18.5 Å². The molecule has 1 aliphatic carbocycles. The first-order valence-corrected chi connectivity index (χ1v) is 10.3. The van der Waals surface area contributed by atoms with Crippen LogP contribution in [0.4, 0.5) is 0 Å². The van der Waals surface area contributed by atoms with Crippen LogP contribution in [0.3, 0.4) is 0 Å². The molecule has 1 saturated heterocycles. The first-order chi connectivity index (χ1) is 9.38. The van der Waals surface area contributed by atoms with E-state index >= 15 is 0 Å². The van der Waals surface area contributed by atoms with Crippen LogP contribution >= 0.6 is 0 Å². The molecule has 0 atom stereocenters. The Hall–Kier alpha value is -0.400. The molecule has 5 nitrogen and oxygen atoms in total. The fourth-order valence-corrected chi connectivity index (χ4v) is 6.52. The molecule has 1 heterocycles. The van der Waals surface area contributed by atoms with Crippen LogP contribution in [0.25, 0.3) is 0 Å². The third kappa shape index (κ3) is 3.26. The molecule has 7 heteroatoms. The molecule has 0 radical (unpaired) electrons. The highest BCUT2D eigenvalue weighted by Crippen LogP contribution is 2.30. The lowest BCUT2D eigenvalue weighted by molar-refractivity contribution is 0.346. The van der Waals surface area contributed by atoms with E-state index in [2.05, 4.69) is 6.58 Å². The van der Waals surface area contributed by atoms with E-state index in [0.717, 1.165) is 37.5 Å². The zero-order valence-electron chi connectivity index (χ0n) is 11.7. The summed E-state index contributed by atoms with van der Waals surface area (Å²) in [5.41, 5.74) is 0. The van der Waals surface area contributed by atoms with Crippen LogP contribution < -0.4 is 0 Å². The average molecular weight is 321 g/mol. The monoisotopic (exact) mass is 321 g/mol. The van der Waals surface area contributed by atoms with Crippen molar-refractivity contribution in [3.8, 4) is 0 Å². The van der Waals surface area contributed by atoms with Gasteiger partial charge in [0.1, 0.15) is 0 Å². The first kappa shape index (κ1) is 16.0. The second-order valence-corrected chi connectivity index (χ2v) is 10.1. The number of sulfone groups is 1. The van der Waals surface area contributed by atoms with Crippen molar-refractivity contribution in [2.75, 3.05) is 13.1 Å². The largest absolute Gasteiger partial charge is 0.235 e. The van der Waals surface area contributed by atoms with Crippen LogP contribution in [-0.2, 0) is 19.9 Å². The molecule has 0 aromatic heterocycles. The van der Waals surface area contributed by atoms with E-state index in [1.165, 1.54) is 4.31 Å². The second-order valence-electron chi connectivity index (χ2n) is 5.66. The lowest BCUT2D eigenvalue weighted by Crippen LogP contribution is -2.44. The van der Waals surface area contributed by atoms with Crippen molar-refractivity contribution in [1.29, 1.82) is 0 Å². The highest BCUT2D eigenvalue weighted by Gasteiger charge is 2.38. The van der Waals surface area contributed by atoms with Gasteiger partial charge in [-0.15, -0.1) is 0 Å². The Balaban J connectivity index is 2.01. The molecule has 0 unspecified atom stereocenters. The van der Waals surface area contributed by atoms with Gasteiger partial charge in [0.15, 0.2) is 9.84 Å². The van der Waals surface area contributed by atoms with Gasteiger partial charge in [-0.25, -0.2) is 16.8 Å². The minimum atomic E-state index is -3.41. The van der Waals surface area contributed by atoms with Gasteiger partial charge in [-0.05, 0) is 25.7 Å². The standard InChI is InChI=1S/C13H23NO4S2/c1-2-19(15,16)14-10-8-13(9-11-14)20(17,18)12-6-4-3-5-7-12/h2,12-13H,1,3-11H2. The van der Waals surface area contributed by atoms with E-state index in [0.29, 0.717) is 12.8 Å². The average Bonchev–Trinajstić information content (AvgIpc) is 2.48. The topological polar surface area (TPSA) is 71.5 Å². The lowest BCUT2D eigenvalue weighted by Gasteiger charge is -2.33. The summed E-state index contributed by atoms with van der Waals surface area (Å²) in [6, 6.07) is 0. The quantitative estimate of drug-likeness (QED) is 0.789. The SMILES string of the molecule is C=CS(=O)(=O)N1CCC(S(=O)(=O)C2CCCCC2)CC1. The van der Waals surface area contributed by atoms with Gasteiger partial charge in [0.05, 0.1) is 10.5 Å². The predicted molar refractivity (Wildman–Crippen MR) is 79.5 cm³/mol. The van der Waals surface area contributed by atoms with Crippen LogP contribution in [0.15, 0.2) is 12.0 Å². The van der Waals surface area contributed by atoms with Gasteiger partial charge in [-0.3, -0.25) is 0 Å². The lowest BCUT2D eigenvalue weighted by atomic mass is 10.0. The molecule has 1 saturated carbocycles. The van der Waals surface area contributed by atoms with Gasteiger partial charge in [0.25, 0.3) is 0 Å². The summed E-state index contributed by atoms with van der Waals surface area (Å²) >= 11 is 0. The summed E-state index contributed by atoms with van der Waals surface area (Å²) in [5.74, 6) is 0. The van der Waals surface area contributed by atoms with Crippen LogP contribution in [-0.4, -0.2) is 44.7 Å². The Morgan fingerprint density at radius 1 is 0.850 bits per heavy atom. The maximum absolute atomic E-state index is 12.6. The fraction of sp³-hybridized carbons (Fsp3) is 0.846. The number of rotatable bonds is 4. The summed E-state index contributed by atoms with van der Waals surface area (Å²) < 4.78 is 49.8. The minimum Gasteiger partial charge on any atom is -0.228 e. The van der Waals surface area contributed by atoms with E-state index < -0.39 is 19.9 Å². The van der Waals surface area contributed by atoms with Crippen LogP contribution in [0, 0.1) is 0 Å². The third-order valence-corrected chi connectivity index (χ3v) is 8.76. The van der Waals surface area contributed by atoms with Crippen molar-refractivity contribution in [3.63, 3.8) is 0 Å². The van der Waals surface area contributed by atoms with Crippen LogP contribution in [0.5, 0.6) is 0 Å². The molecule has 0 bridgehead atoms. The molecule has 2 rings (SSSR count). The Morgan fingerprint density at radius 3 is 1.85 bits per heavy atom. The molecule has 20 heavy (non-hydrogen) atoms. The Bertz CT molecular complexity index is 539. The fourth-order valence-electron chi connectivity index (χ4n) is 3.19. The predicted octanol–water partition coefficient (Wildman–Crippen LogP) is 1.67. The summed E-state index contributed by atoms with van der Waals surface area (Å²) in [5, 5.41) is 0.355. The number of piperidine rings is 1. The highest BCUT2D eigenvalue weighted by atomic mass is 32.2. The van der Waals surface area contributed by atoms with Crippen LogP contribution in [0.1, 0.15) is 44.9 Å². The normalized spacial score (nSPS) is 24.6. The Kier molecular flexibility index (Phi) is 4.92. The smallest absolute Gasteiger partial charge is 0.228 e. The highest BCUT2D eigenvalue weighted by molar-refractivity contribution is 7.92. The molecular formula is C13H23NO4S2. The first-order valence-electron chi connectivity index (χ1n) is 7.23. The number of hydrogen-bond donors (Lipinski definition) is 0. The van der Waals surface area contributed by atoms with E-state index in [4.69, 9.17) is 0 Å². The minimum absolute atomic E-state index is 0.205. The van der Waals surface area contributed by atoms with E-state index in [9.17, 15) is 16.8 Å². The Morgan fingerprint density at radius 2 is 1.35 bits per heavy atom. The molecule has 2 fully saturated rings. The van der Waals surface area contributed by atoms with Crippen molar-refractivity contribution >= 4 is 19.9 Å². The zero-order chi connectivity index (χ0) is 14.8. The van der Waals surface area contributed by atoms with Gasteiger partial charge in [-0.1, -0.05) is 25.8 Å². The summed E-state index contributed by atoms with van der Waals surface area (Å²) in [6.45, 7) is 3.87. The maximum atomic E-state index is 12.6. The van der Waals surface area contributed by atoms with Crippen molar-refractivity contribution < 1.29 is 16.8 Å². The van der Waals surface area contributed by atoms with Crippen LogP contribution in [0.2, 0.25) is 0 Å². The van der Waals surface area contributed by atoms with E-state index in [-0.39, 0.29) is 23.6 Å². The molecule has 0 aromatic carbocycles. The van der Waals surface area contributed by atoms with E-state index in [1.807, 2.05) is 0 Å². The summed E-state index contributed by atoms with van der Waals surface area (Å²) in [4.78, 5) is 0. The van der Waals surface area contributed by atoms with E-state index in [1.54, 1.807) is 0 Å². The second kappa shape index (κ2) is 6.15.